The summed E-state index contributed by atoms with van der Waals surface area (Å²) in [6, 6.07) is 5.78. The summed E-state index contributed by atoms with van der Waals surface area (Å²) in [6.45, 7) is 4.19. The first-order valence-corrected chi connectivity index (χ1v) is 3.44. The molecular formula is C9H11NO. The summed E-state index contributed by atoms with van der Waals surface area (Å²) in [5.74, 6) is 0. The van der Waals surface area contributed by atoms with Crippen LogP contribution in [0.2, 0.25) is 0 Å². The van der Waals surface area contributed by atoms with E-state index in [2.05, 4.69) is 11.6 Å². The molecule has 1 heterocycles. The van der Waals surface area contributed by atoms with Crippen molar-refractivity contribution in [2.75, 3.05) is 7.11 Å². The summed E-state index contributed by atoms with van der Waals surface area (Å²) in [6.07, 6.45) is 1.72. The minimum atomic E-state index is 0.557. The highest BCUT2D eigenvalue weighted by Gasteiger charge is 1.92. The molecule has 0 amide bonds. The zero-order valence-electron chi connectivity index (χ0n) is 6.58. The molecule has 0 bridgehead atoms. The number of rotatable bonds is 3. The number of hydrogen-bond acceptors (Lipinski definition) is 2. The monoisotopic (exact) mass is 149 g/mol. The number of pyridine rings is 1. The van der Waals surface area contributed by atoms with Gasteiger partial charge in [-0.2, -0.15) is 0 Å². The van der Waals surface area contributed by atoms with Gasteiger partial charge >= 0.3 is 0 Å². The van der Waals surface area contributed by atoms with Gasteiger partial charge in [0.25, 0.3) is 0 Å². The molecule has 1 aromatic rings. The van der Waals surface area contributed by atoms with Crippen molar-refractivity contribution in [3.8, 4) is 0 Å². The summed E-state index contributed by atoms with van der Waals surface area (Å²) in [5, 5.41) is 0. The lowest BCUT2D eigenvalue weighted by Crippen LogP contribution is -1.92. The van der Waals surface area contributed by atoms with Crippen LogP contribution in [0, 0.1) is 0 Å². The van der Waals surface area contributed by atoms with Crippen LogP contribution in [0.5, 0.6) is 0 Å². The first-order chi connectivity index (χ1) is 5.36. The van der Waals surface area contributed by atoms with E-state index in [4.69, 9.17) is 4.74 Å². The van der Waals surface area contributed by atoms with Crippen molar-refractivity contribution in [2.24, 2.45) is 0 Å². The Morgan fingerprint density at radius 2 is 2.45 bits per heavy atom. The predicted octanol–water partition coefficient (Wildman–Crippen LogP) is 1.87. The summed E-state index contributed by atoms with van der Waals surface area (Å²) in [4.78, 5) is 4.24. The third-order valence-corrected chi connectivity index (χ3v) is 1.33. The molecule has 0 atom stereocenters. The van der Waals surface area contributed by atoms with Crippen LogP contribution in [-0.4, -0.2) is 12.1 Å². The Labute approximate surface area is 66.5 Å². The number of nitrogens with zero attached hydrogens (tertiary/aromatic N) is 1. The van der Waals surface area contributed by atoms with Gasteiger partial charge in [0.2, 0.25) is 0 Å². The van der Waals surface area contributed by atoms with Crippen molar-refractivity contribution < 1.29 is 4.74 Å². The van der Waals surface area contributed by atoms with Crippen molar-refractivity contribution >= 4 is 6.08 Å². The van der Waals surface area contributed by atoms with E-state index in [1.807, 2.05) is 18.2 Å². The average Bonchev–Trinajstić information content (AvgIpc) is 2.06. The fraction of sp³-hybridized carbons (Fsp3) is 0.222. The number of ether oxygens (including phenoxy) is 1. The van der Waals surface area contributed by atoms with E-state index in [-0.39, 0.29) is 0 Å². The lowest BCUT2D eigenvalue weighted by atomic mass is 10.3. The fourth-order valence-electron chi connectivity index (χ4n) is 0.840. The molecule has 0 fully saturated rings. The summed E-state index contributed by atoms with van der Waals surface area (Å²) in [7, 11) is 1.66. The Morgan fingerprint density at radius 3 is 3.09 bits per heavy atom. The molecule has 0 N–H and O–H groups in total. The van der Waals surface area contributed by atoms with Crippen LogP contribution < -0.4 is 0 Å². The predicted molar refractivity (Wildman–Crippen MR) is 45.0 cm³/mol. The second-order valence-corrected chi connectivity index (χ2v) is 2.19. The van der Waals surface area contributed by atoms with E-state index >= 15 is 0 Å². The van der Waals surface area contributed by atoms with Crippen LogP contribution in [0.3, 0.4) is 0 Å². The first kappa shape index (κ1) is 7.95. The van der Waals surface area contributed by atoms with Crippen LogP contribution in [0.1, 0.15) is 11.4 Å². The van der Waals surface area contributed by atoms with Crippen LogP contribution >= 0.6 is 0 Å². The van der Waals surface area contributed by atoms with Gasteiger partial charge in [-0.05, 0) is 18.2 Å². The summed E-state index contributed by atoms with van der Waals surface area (Å²) >= 11 is 0. The van der Waals surface area contributed by atoms with Crippen molar-refractivity contribution in [3.63, 3.8) is 0 Å². The van der Waals surface area contributed by atoms with Gasteiger partial charge in [0.15, 0.2) is 0 Å². The van der Waals surface area contributed by atoms with Crippen LogP contribution in [0.25, 0.3) is 6.08 Å². The Balaban J connectivity index is 2.82. The molecule has 0 unspecified atom stereocenters. The maximum Gasteiger partial charge on any atom is 0.0884 e. The van der Waals surface area contributed by atoms with Crippen molar-refractivity contribution in [3.05, 3.63) is 36.2 Å². The van der Waals surface area contributed by atoms with Gasteiger partial charge in [-0.15, -0.1) is 0 Å². The van der Waals surface area contributed by atoms with E-state index in [0.717, 1.165) is 11.4 Å². The first-order valence-electron chi connectivity index (χ1n) is 3.44. The smallest absolute Gasteiger partial charge is 0.0884 e. The third kappa shape index (κ3) is 2.16. The van der Waals surface area contributed by atoms with Crippen LogP contribution in [0.15, 0.2) is 24.8 Å². The van der Waals surface area contributed by atoms with Crippen molar-refractivity contribution in [1.29, 1.82) is 0 Å². The van der Waals surface area contributed by atoms with Crippen LogP contribution in [0.4, 0.5) is 0 Å². The van der Waals surface area contributed by atoms with Gasteiger partial charge in [-0.25, -0.2) is 0 Å². The maximum atomic E-state index is 4.93. The molecule has 2 heteroatoms. The molecule has 58 valence electrons. The zero-order chi connectivity index (χ0) is 8.10. The SMILES string of the molecule is C=Cc1cccc(COC)n1. The highest BCUT2D eigenvalue weighted by atomic mass is 16.5. The number of hydrogen-bond donors (Lipinski definition) is 0. The zero-order valence-corrected chi connectivity index (χ0v) is 6.58. The minimum absolute atomic E-state index is 0.557. The Morgan fingerprint density at radius 1 is 1.64 bits per heavy atom. The highest BCUT2D eigenvalue weighted by molar-refractivity contribution is 5.41. The molecule has 1 aromatic heterocycles. The largest absolute Gasteiger partial charge is 0.378 e. The van der Waals surface area contributed by atoms with Crippen LogP contribution in [-0.2, 0) is 11.3 Å². The van der Waals surface area contributed by atoms with E-state index in [0.29, 0.717) is 6.61 Å². The normalized spacial score (nSPS) is 9.55. The standard InChI is InChI=1S/C9H11NO/c1-3-8-5-4-6-9(10-8)7-11-2/h3-6H,1,7H2,2H3. The van der Waals surface area contributed by atoms with Crippen molar-refractivity contribution in [1.82, 2.24) is 4.98 Å². The molecular weight excluding hydrogens is 138 g/mol. The minimum Gasteiger partial charge on any atom is -0.378 e. The molecule has 0 aromatic carbocycles. The molecule has 0 spiro atoms. The Kier molecular flexibility index (Phi) is 2.81. The van der Waals surface area contributed by atoms with Gasteiger partial charge < -0.3 is 4.74 Å². The fourth-order valence-corrected chi connectivity index (χ4v) is 0.840. The highest BCUT2D eigenvalue weighted by Crippen LogP contribution is 2.01. The topological polar surface area (TPSA) is 22.1 Å². The Bertz CT molecular complexity index is 245. The molecule has 0 aliphatic rings. The molecule has 1 rings (SSSR count). The van der Waals surface area contributed by atoms with E-state index in [1.54, 1.807) is 13.2 Å². The molecule has 11 heavy (non-hydrogen) atoms. The van der Waals surface area contributed by atoms with E-state index in [9.17, 15) is 0 Å². The lowest BCUT2D eigenvalue weighted by molar-refractivity contribution is 0.181. The molecule has 0 saturated heterocycles. The lowest BCUT2D eigenvalue weighted by Gasteiger charge is -1.98. The van der Waals surface area contributed by atoms with E-state index in [1.165, 1.54) is 0 Å². The van der Waals surface area contributed by atoms with Crippen molar-refractivity contribution in [2.45, 2.75) is 6.61 Å². The number of methoxy groups -OCH3 is 1. The van der Waals surface area contributed by atoms with Gasteiger partial charge in [0.1, 0.15) is 0 Å². The molecule has 0 radical (unpaired) electrons. The van der Waals surface area contributed by atoms with Gasteiger partial charge in [-0.1, -0.05) is 12.6 Å². The van der Waals surface area contributed by atoms with E-state index < -0.39 is 0 Å². The molecule has 2 nitrogen and oxygen atoms in total. The van der Waals surface area contributed by atoms with Gasteiger partial charge in [0.05, 0.1) is 18.0 Å². The van der Waals surface area contributed by atoms with Gasteiger partial charge in [0, 0.05) is 7.11 Å². The Hall–Kier alpha value is -1.15. The third-order valence-electron chi connectivity index (χ3n) is 1.33. The molecule has 0 aliphatic carbocycles. The molecule has 0 aliphatic heterocycles. The average molecular weight is 149 g/mol. The summed E-state index contributed by atoms with van der Waals surface area (Å²) < 4.78 is 4.93. The second kappa shape index (κ2) is 3.88. The summed E-state index contributed by atoms with van der Waals surface area (Å²) in [5.41, 5.74) is 1.82. The number of aromatic nitrogens is 1. The molecule has 0 saturated carbocycles. The maximum absolute atomic E-state index is 4.93. The second-order valence-electron chi connectivity index (χ2n) is 2.19. The quantitative estimate of drug-likeness (QED) is 0.654. The van der Waals surface area contributed by atoms with Gasteiger partial charge in [-0.3, -0.25) is 4.98 Å².